The molecule has 0 radical (unpaired) electrons. The van der Waals surface area contributed by atoms with Gasteiger partial charge in [0.25, 0.3) is 0 Å². The van der Waals surface area contributed by atoms with Crippen molar-refractivity contribution in [2.45, 2.75) is 45.6 Å². The summed E-state index contributed by atoms with van der Waals surface area (Å²) in [6.45, 7) is 6.63. The molecule has 1 saturated heterocycles. The number of likely N-dealkylation sites (tertiary alicyclic amines) is 1. The van der Waals surface area contributed by atoms with E-state index in [0.717, 1.165) is 12.6 Å². The third kappa shape index (κ3) is 3.28. The molecule has 0 spiro atoms. The Hall–Kier alpha value is -0.0800. The Morgan fingerprint density at radius 2 is 2.15 bits per heavy atom. The zero-order valence-corrected chi connectivity index (χ0v) is 9.34. The molecule has 1 rings (SSSR count). The van der Waals surface area contributed by atoms with Gasteiger partial charge in [0.1, 0.15) is 0 Å². The molecule has 2 nitrogen and oxygen atoms in total. The van der Waals surface area contributed by atoms with Crippen LogP contribution in [0.2, 0.25) is 0 Å². The molecule has 1 fully saturated rings. The van der Waals surface area contributed by atoms with Crippen molar-refractivity contribution in [1.82, 2.24) is 4.90 Å². The zero-order valence-electron chi connectivity index (χ0n) is 9.34. The maximum atomic E-state index is 5.71. The smallest absolute Gasteiger partial charge is 0.00928 e. The van der Waals surface area contributed by atoms with Crippen LogP contribution in [0, 0.1) is 5.41 Å². The Bertz CT molecular complexity index is 154. The van der Waals surface area contributed by atoms with Crippen LogP contribution in [0.4, 0.5) is 0 Å². The van der Waals surface area contributed by atoms with E-state index in [4.69, 9.17) is 5.73 Å². The van der Waals surface area contributed by atoms with Crippen molar-refractivity contribution in [2.24, 2.45) is 11.1 Å². The van der Waals surface area contributed by atoms with Gasteiger partial charge in [0.15, 0.2) is 0 Å². The third-order valence-corrected chi connectivity index (χ3v) is 3.38. The van der Waals surface area contributed by atoms with E-state index in [2.05, 4.69) is 25.8 Å². The Kier molecular flexibility index (Phi) is 3.74. The molecule has 1 atom stereocenters. The minimum Gasteiger partial charge on any atom is -0.330 e. The predicted octanol–water partition coefficient (Wildman–Crippen LogP) is 1.85. The second-order valence-corrected chi connectivity index (χ2v) is 5.18. The third-order valence-electron chi connectivity index (χ3n) is 3.38. The SMILES string of the molecule is CN1CCCC1CCC(C)(C)CN. The van der Waals surface area contributed by atoms with Gasteiger partial charge in [-0.15, -0.1) is 0 Å². The van der Waals surface area contributed by atoms with Crippen LogP contribution in [-0.4, -0.2) is 31.1 Å². The van der Waals surface area contributed by atoms with Crippen molar-refractivity contribution in [2.75, 3.05) is 20.1 Å². The van der Waals surface area contributed by atoms with Crippen LogP contribution in [0.5, 0.6) is 0 Å². The van der Waals surface area contributed by atoms with E-state index >= 15 is 0 Å². The van der Waals surface area contributed by atoms with E-state index in [1.807, 2.05) is 0 Å². The maximum Gasteiger partial charge on any atom is 0.00928 e. The summed E-state index contributed by atoms with van der Waals surface area (Å²) in [5.41, 5.74) is 6.05. The molecule has 0 aromatic carbocycles. The van der Waals surface area contributed by atoms with Gasteiger partial charge in [-0.05, 0) is 51.2 Å². The fourth-order valence-corrected chi connectivity index (χ4v) is 2.00. The molecule has 1 unspecified atom stereocenters. The van der Waals surface area contributed by atoms with Crippen molar-refractivity contribution in [3.8, 4) is 0 Å². The summed E-state index contributed by atoms with van der Waals surface area (Å²) in [5, 5.41) is 0. The van der Waals surface area contributed by atoms with Crippen LogP contribution in [0.1, 0.15) is 39.5 Å². The first-order valence-electron chi connectivity index (χ1n) is 5.45. The molecule has 1 aliphatic rings. The molecular formula is C11H24N2. The van der Waals surface area contributed by atoms with E-state index in [-0.39, 0.29) is 0 Å². The molecule has 0 amide bonds. The van der Waals surface area contributed by atoms with Crippen LogP contribution in [-0.2, 0) is 0 Å². The van der Waals surface area contributed by atoms with Gasteiger partial charge in [-0.1, -0.05) is 13.8 Å². The highest BCUT2D eigenvalue weighted by atomic mass is 15.1. The Balaban J connectivity index is 2.25. The van der Waals surface area contributed by atoms with Crippen LogP contribution in [0.15, 0.2) is 0 Å². The predicted molar refractivity (Wildman–Crippen MR) is 57.7 cm³/mol. The van der Waals surface area contributed by atoms with Gasteiger partial charge in [-0.2, -0.15) is 0 Å². The van der Waals surface area contributed by atoms with Gasteiger partial charge < -0.3 is 10.6 Å². The number of nitrogens with zero attached hydrogens (tertiary/aromatic N) is 1. The quantitative estimate of drug-likeness (QED) is 0.722. The summed E-state index contributed by atoms with van der Waals surface area (Å²) in [6, 6.07) is 0.825. The fourth-order valence-electron chi connectivity index (χ4n) is 2.00. The first-order chi connectivity index (χ1) is 6.05. The molecule has 0 aromatic heterocycles. The highest BCUT2D eigenvalue weighted by Crippen LogP contribution is 2.26. The van der Waals surface area contributed by atoms with Crippen LogP contribution >= 0.6 is 0 Å². The molecule has 1 aliphatic heterocycles. The first-order valence-corrected chi connectivity index (χ1v) is 5.45. The summed E-state index contributed by atoms with van der Waals surface area (Å²) in [7, 11) is 2.24. The molecule has 78 valence electrons. The average Bonchev–Trinajstić information content (AvgIpc) is 2.48. The highest BCUT2D eigenvalue weighted by Gasteiger charge is 2.23. The summed E-state index contributed by atoms with van der Waals surface area (Å²) < 4.78 is 0. The van der Waals surface area contributed by atoms with Gasteiger partial charge in [0.05, 0.1) is 0 Å². The molecular weight excluding hydrogens is 160 g/mol. The molecule has 0 aromatic rings. The maximum absolute atomic E-state index is 5.71. The second kappa shape index (κ2) is 4.43. The monoisotopic (exact) mass is 184 g/mol. The van der Waals surface area contributed by atoms with Gasteiger partial charge in [-0.25, -0.2) is 0 Å². The summed E-state index contributed by atoms with van der Waals surface area (Å²) >= 11 is 0. The van der Waals surface area contributed by atoms with Gasteiger partial charge >= 0.3 is 0 Å². The highest BCUT2D eigenvalue weighted by molar-refractivity contribution is 4.79. The van der Waals surface area contributed by atoms with E-state index < -0.39 is 0 Å². The van der Waals surface area contributed by atoms with E-state index in [0.29, 0.717) is 5.41 Å². The Morgan fingerprint density at radius 1 is 1.46 bits per heavy atom. The zero-order chi connectivity index (χ0) is 9.90. The van der Waals surface area contributed by atoms with Crippen LogP contribution in [0.25, 0.3) is 0 Å². The van der Waals surface area contributed by atoms with Gasteiger partial charge in [0.2, 0.25) is 0 Å². The average molecular weight is 184 g/mol. The van der Waals surface area contributed by atoms with Crippen molar-refractivity contribution in [3.05, 3.63) is 0 Å². The largest absolute Gasteiger partial charge is 0.330 e. The molecule has 2 heteroatoms. The lowest BCUT2D eigenvalue weighted by Gasteiger charge is -2.26. The molecule has 0 saturated carbocycles. The lowest BCUT2D eigenvalue weighted by Crippen LogP contribution is -2.29. The molecule has 2 N–H and O–H groups in total. The molecule has 1 heterocycles. The van der Waals surface area contributed by atoms with E-state index in [1.165, 1.54) is 32.2 Å². The van der Waals surface area contributed by atoms with Crippen molar-refractivity contribution < 1.29 is 0 Å². The fraction of sp³-hybridized carbons (Fsp3) is 1.00. The number of rotatable bonds is 4. The molecule has 0 aliphatic carbocycles. The van der Waals surface area contributed by atoms with E-state index in [9.17, 15) is 0 Å². The van der Waals surface area contributed by atoms with Gasteiger partial charge in [0, 0.05) is 6.04 Å². The lowest BCUT2D eigenvalue weighted by molar-refractivity contribution is 0.246. The standard InChI is InChI=1S/C11H24N2/c1-11(2,9-12)7-6-10-5-4-8-13(10)3/h10H,4-9,12H2,1-3H3. The number of hydrogen-bond donors (Lipinski definition) is 1. The number of hydrogen-bond acceptors (Lipinski definition) is 2. The van der Waals surface area contributed by atoms with Crippen LogP contribution < -0.4 is 5.73 Å². The minimum atomic E-state index is 0.337. The normalized spacial score (nSPS) is 25.4. The number of nitrogens with two attached hydrogens (primary N) is 1. The summed E-state index contributed by atoms with van der Waals surface area (Å²) in [4.78, 5) is 2.49. The minimum absolute atomic E-state index is 0.337. The van der Waals surface area contributed by atoms with Gasteiger partial charge in [-0.3, -0.25) is 0 Å². The van der Waals surface area contributed by atoms with Crippen LogP contribution in [0.3, 0.4) is 0 Å². The first kappa shape index (κ1) is 11.0. The Labute approximate surface area is 82.5 Å². The van der Waals surface area contributed by atoms with E-state index in [1.54, 1.807) is 0 Å². The van der Waals surface area contributed by atoms with Crippen molar-refractivity contribution >= 4 is 0 Å². The molecule has 13 heavy (non-hydrogen) atoms. The summed E-state index contributed by atoms with van der Waals surface area (Å²) in [5.74, 6) is 0. The second-order valence-electron chi connectivity index (χ2n) is 5.18. The molecule has 0 bridgehead atoms. The Morgan fingerprint density at radius 3 is 2.62 bits per heavy atom. The van der Waals surface area contributed by atoms with Crippen molar-refractivity contribution in [1.29, 1.82) is 0 Å². The lowest BCUT2D eigenvalue weighted by atomic mass is 9.86. The summed E-state index contributed by atoms with van der Waals surface area (Å²) in [6.07, 6.45) is 5.35. The topological polar surface area (TPSA) is 29.3 Å². The van der Waals surface area contributed by atoms with Crippen molar-refractivity contribution in [3.63, 3.8) is 0 Å².